The van der Waals surface area contributed by atoms with Crippen molar-refractivity contribution < 1.29 is 4.79 Å². The van der Waals surface area contributed by atoms with E-state index in [1.807, 2.05) is 54.6 Å². The summed E-state index contributed by atoms with van der Waals surface area (Å²) in [7, 11) is 0. The molecular weight excluding hydrogens is 415 g/mol. The Morgan fingerprint density at radius 1 is 0.833 bits per heavy atom. The molecule has 150 valence electrons. The van der Waals surface area contributed by atoms with E-state index in [9.17, 15) is 4.79 Å². The number of Topliss-reactive ketones (excluding diaryl/α,β-unsaturated/α-hetero) is 1. The fourth-order valence-electron chi connectivity index (χ4n) is 4.42. The first-order valence-corrected chi connectivity index (χ1v) is 10.7. The van der Waals surface area contributed by atoms with Crippen molar-refractivity contribution in [3.8, 4) is 0 Å². The van der Waals surface area contributed by atoms with Crippen LogP contribution in [0.3, 0.4) is 0 Å². The summed E-state index contributed by atoms with van der Waals surface area (Å²) in [5, 5.41) is 8.22. The van der Waals surface area contributed by atoms with Gasteiger partial charge >= 0.3 is 0 Å². The van der Waals surface area contributed by atoms with Gasteiger partial charge in [0.25, 0.3) is 0 Å². The molecule has 1 heterocycles. The van der Waals surface area contributed by atoms with Crippen LogP contribution in [0.15, 0.2) is 84.1 Å². The SMILES string of the molecule is O=C1CC(c2ccccc2)CC2=C1C(c1ccc(Cl)cc1Cl)Nc1ccccc1N2. The Kier molecular flexibility index (Phi) is 5.01. The molecule has 1 aliphatic heterocycles. The van der Waals surface area contributed by atoms with Crippen LogP contribution in [0.5, 0.6) is 0 Å². The fraction of sp³-hybridized carbons (Fsp3) is 0.160. The summed E-state index contributed by atoms with van der Waals surface area (Å²) in [5.74, 6) is 0.283. The predicted molar refractivity (Wildman–Crippen MR) is 123 cm³/mol. The van der Waals surface area contributed by atoms with E-state index in [0.717, 1.165) is 34.6 Å². The van der Waals surface area contributed by atoms with Crippen molar-refractivity contribution in [1.82, 2.24) is 0 Å². The molecule has 2 aliphatic rings. The largest absolute Gasteiger partial charge is 0.372 e. The van der Waals surface area contributed by atoms with Crippen LogP contribution < -0.4 is 10.6 Å². The number of ketones is 1. The van der Waals surface area contributed by atoms with Crippen molar-refractivity contribution >= 4 is 40.4 Å². The minimum absolute atomic E-state index is 0.133. The lowest BCUT2D eigenvalue weighted by atomic mass is 9.78. The van der Waals surface area contributed by atoms with Crippen molar-refractivity contribution in [3.63, 3.8) is 0 Å². The highest BCUT2D eigenvalue weighted by Gasteiger charge is 2.36. The van der Waals surface area contributed by atoms with Crippen molar-refractivity contribution in [2.24, 2.45) is 0 Å². The molecule has 0 spiro atoms. The third kappa shape index (κ3) is 3.49. The van der Waals surface area contributed by atoms with Crippen LogP contribution in [-0.2, 0) is 4.79 Å². The molecule has 5 heteroatoms. The van der Waals surface area contributed by atoms with Gasteiger partial charge in [0.05, 0.1) is 17.4 Å². The summed E-state index contributed by atoms with van der Waals surface area (Å²) in [6.45, 7) is 0. The number of para-hydroxylation sites is 2. The molecule has 3 aromatic carbocycles. The minimum atomic E-state index is -0.342. The lowest BCUT2D eigenvalue weighted by Crippen LogP contribution is -2.27. The molecule has 0 radical (unpaired) electrons. The van der Waals surface area contributed by atoms with Crippen molar-refractivity contribution in [3.05, 3.63) is 105 Å². The zero-order valence-corrected chi connectivity index (χ0v) is 17.7. The van der Waals surface area contributed by atoms with Crippen LogP contribution in [-0.4, -0.2) is 5.78 Å². The maximum Gasteiger partial charge on any atom is 0.163 e. The van der Waals surface area contributed by atoms with Gasteiger partial charge < -0.3 is 10.6 Å². The molecule has 2 N–H and O–H groups in total. The van der Waals surface area contributed by atoms with Crippen LogP contribution in [0.4, 0.5) is 11.4 Å². The highest BCUT2D eigenvalue weighted by molar-refractivity contribution is 6.35. The first-order valence-electron chi connectivity index (χ1n) is 9.99. The number of halogens is 2. The van der Waals surface area contributed by atoms with Crippen molar-refractivity contribution in [2.45, 2.75) is 24.8 Å². The van der Waals surface area contributed by atoms with Gasteiger partial charge in [0, 0.05) is 27.7 Å². The number of hydrogen-bond donors (Lipinski definition) is 2. The number of anilines is 2. The monoisotopic (exact) mass is 434 g/mol. The highest BCUT2D eigenvalue weighted by Crippen LogP contribution is 2.45. The van der Waals surface area contributed by atoms with Crippen LogP contribution in [0.1, 0.15) is 35.9 Å². The Morgan fingerprint density at radius 3 is 2.33 bits per heavy atom. The van der Waals surface area contributed by atoms with Gasteiger partial charge in [-0.3, -0.25) is 4.79 Å². The molecule has 0 bridgehead atoms. The lowest BCUT2D eigenvalue weighted by molar-refractivity contribution is -0.116. The average Bonchev–Trinajstić information content (AvgIpc) is 2.91. The Morgan fingerprint density at radius 2 is 1.57 bits per heavy atom. The van der Waals surface area contributed by atoms with E-state index in [4.69, 9.17) is 23.2 Å². The van der Waals surface area contributed by atoms with Crippen LogP contribution in [0.25, 0.3) is 0 Å². The summed E-state index contributed by atoms with van der Waals surface area (Å²) >= 11 is 12.7. The second-order valence-electron chi connectivity index (χ2n) is 7.75. The number of rotatable bonds is 2. The van der Waals surface area contributed by atoms with Gasteiger partial charge in [0.2, 0.25) is 0 Å². The molecule has 2 atom stereocenters. The number of carbonyl (C=O) groups is 1. The Balaban J connectivity index is 1.64. The van der Waals surface area contributed by atoms with Gasteiger partial charge in [-0.2, -0.15) is 0 Å². The number of allylic oxidation sites excluding steroid dienone is 1. The number of fused-ring (bicyclic) bond motifs is 1. The molecule has 0 saturated carbocycles. The van der Waals surface area contributed by atoms with Gasteiger partial charge in [-0.25, -0.2) is 0 Å². The molecule has 0 amide bonds. The van der Waals surface area contributed by atoms with E-state index in [2.05, 4.69) is 22.8 Å². The Labute approximate surface area is 185 Å². The van der Waals surface area contributed by atoms with Gasteiger partial charge in [-0.05, 0) is 47.7 Å². The standard InChI is InChI=1S/C25H20Cl2N2O/c26-17-10-11-18(19(27)14-17)25-24-22(28-20-8-4-5-9-21(20)29-25)12-16(13-23(24)30)15-6-2-1-3-7-15/h1-11,14,16,25,28-29H,12-13H2. The van der Waals surface area contributed by atoms with E-state index in [1.54, 1.807) is 6.07 Å². The molecule has 2 unspecified atom stereocenters. The zero-order valence-electron chi connectivity index (χ0n) is 16.2. The third-order valence-electron chi connectivity index (χ3n) is 5.85. The van der Waals surface area contributed by atoms with Crippen molar-refractivity contribution in [1.29, 1.82) is 0 Å². The summed E-state index contributed by atoms with van der Waals surface area (Å²) in [6.07, 6.45) is 1.24. The topological polar surface area (TPSA) is 41.1 Å². The summed E-state index contributed by atoms with van der Waals surface area (Å²) in [5.41, 5.74) is 5.63. The molecule has 5 rings (SSSR count). The second kappa shape index (κ2) is 7.82. The van der Waals surface area contributed by atoms with E-state index < -0.39 is 0 Å². The number of hydrogen-bond acceptors (Lipinski definition) is 3. The van der Waals surface area contributed by atoms with E-state index >= 15 is 0 Å². The first-order chi connectivity index (χ1) is 14.6. The Bertz CT molecular complexity index is 1160. The van der Waals surface area contributed by atoms with Crippen LogP contribution in [0.2, 0.25) is 10.0 Å². The van der Waals surface area contributed by atoms with Gasteiger partial charge in [-0.1, -0.05) is 71.7 Å². The summed E-state index contributed by atoms with van der Waals surface area (Å²) in [4.78, 5) is 13.5. The molecule has 30 heavy (non-hydrogen) atoms. The zero-order chi connectivity index (χ0) is 20.7. The third-order valence-corrected chi connectivity index (χ3v) is 6.42. The van der Waals surface area contributed by atoms with Crippen molar-refractivity contribution in [2.75, 3.05) is 10.6 Å². The molecular formula is C25H20Cl2N2O. The predicted octanol–water partition coefficient (Wildman–Crippen LogP) is 6.97. The maximum atomic E-state index is 13.5. The number of nitrogens with one attached hydrogen (secondary N) is 2. The average molecular weight is 435 g/mol. The van der Waals surface area contributed by atoms with Crippen LogP contribution >= 0.6 is 23.2 Å². The quantitative estimate of drug-likeness (QED) is 0.457. The Hall–Kier alpha value is -2.75. The summed E-state index contributed by atoms with van der Waals surface area (Å²) < 4.78 is 0. The van der Waals surface area contributed by atoms with Crippen LogP contribution in [0, 0.1) is 0 Å². The molecule has 0 saturated heterocycles. The normalized spacial score (nSPS) is 20.5. The van der Waals surface area contributed by atoms with E-state index in [-0.39, 0.29) is 17.7 Å². The molecule has 0 fully saturated rings. The van der Waals surface area contributed by atoms with Gasteiger partial charge in [-0.15, -0.1) is 0 Å². The smallest absolute Gasteiger partial charge is 0.163 e. The molecule has 3 aromatic rings. The highest BCUT2D eigenvalue weighted by atomic mass is 35.5. The first kappa shape index (κ1) is 19.2. The second-order valence-corrected chi connectivity index (χ2v) is 8.59. The fourth-order valence-corrected chi connectivity index (χ4v) is 4.94. The van der Waals surface area contributed by atoms with Gasteiger partial charge in [0.15, 0.2) is 5.78 Å². The van der Waals surface area contributed by atoms with Gasteiger partial charge in [0.1, 0.15) is 0 Å². The molecule has 1 aliphatic carbocycles. The molecule has 0 aromatic heterocycles. The molecule has 3 nitrogen and oxygen atoms in total. The lowest BCUT2D eigenvalue weighted by Gasteiger charge is -2.30. The number of carbonyl (C=O) groups excluding carboxylic acids is 1. The summed E-state index contributed by atoms with van der Waals surface area (Å²) in [6, 6.07) is 23.3. The minimum Gasteiger partial charge on any atom is -0.372 e. The number of benzene rings is 3. The van der Waals surface area contributed by atoms with E-state index in [1.165, 1.54) is 5.56 Å². The van der Waals surface area contributed by atoms with E-state index in [0.29, 0.717) is 16.5 Å². The maximum absolute atomic E-state index is 13.5.